The first-order chi connectivity index (χ1) is 19.1. The molecule has 0 spiro atoms. The lowest BCUT2D eigenvalue weighted by molar-refractivity contribution is -0.202. The predicted octanol–water partition coefficient (Wildman–Crippen LogP) is 4.58. The second-order valence-electron chi connectivity index (χ2n) is 10.2. The summed E-state index contributed by atoms with van der Waals surface area (Å²) in [6.45, 7) is 4.20. The Morgan fingerprint density at radius 2 is 1.80 bits per heavy atom. The smallest absolute Gasteiger partial charge is 0.332 e. The van der Waals surface area contributed by atoms with E-state index in [4.69, 9.17) is 0 Å². The number of benzene rings is 1. The van der Waals surface area contributed by atoms with Crippen LogP contribution >= 0.6 is 0 Å². The number of H-pyrrole nitrogens is 1. The van der Waals surface area contributed by atoms with Crippen molar-refractivity contribution in [1.82, 2.24) is 35.3 Å². The highest BCUT2D eigenvalue weighted by Gasteiger charge is 2.61. The van der Waals surface area contributed by atoms with Gasteiger partial charge in [-0.25, -0.2) is 14.3 Å². The van der Waals surface area contributed by atoms with Crippen molar-refractivity contribution in [2.24, 2.45) is 5.92 Å². The molecule has 41 heavy (non-hydrogen) atoms. The number of rotatable bonds is 9. The van der Waals surface area contributed by atoms with Gasteiger partial charge in [-0.15, -0.1) is 0 Å². The van der Waals surface area contributed by atoms with E-state index in [1.165, 1.54) is 23.0 Å². The summed E-state index contributed by atoms with van der Waals surface area (Å²) in [5.41, 5.74) is -5.89. The molecule has 0 saturated carbocycles. The van der Waals surface area contributed by atoms with Gasteiger partial charge in [-0.1, -0.05) is 26.0 Å². The number of nitrogens with zero attached hydrogens (tertiary/aromatic N) is 5. The molecule has 1 aliphatic heterocycles. The second kappa shape index (κ2) is 11.1. The maximum Gasteiger partial charge on any atom is 0.416 e. The number of nitrogens with one attached hydrogen (secondary N) is 2. The van der Waals surface area contributed by atoms with Crippen molar-refractivity contribution < 1.29 is 35.5 Å². The fraction of sp³-hybridized carbons (Fsp3) is 0.480. The quantitative estimate of drug-likeness (QED) is 0.281. The number of tetrazole rings is 1. The molecule has 1 unspecified atom stereocenters. The van der Waals surface area contributed by atoms with Gasteiger partial charge >= 0.3 is 18.0 Å². The van der Waals surface area contributed by atoms with Crippen molar-refractivity contribution in [1.29, 1.82) is 0 Å². The minimum atomic E-state index is -5.23. The van der Waals surface area contributed by atoms with Gasteiger partial charge in [0.15, 0.2) is 5.54 Å². The van der Waals surface area contributed by atoms with Crippen LogP contribution in [0.15, 0.2) is 35.3 Å². The summed E-state index contributed by atoms with van der Waals surface area (Å²) in [7, 11) is 0. The van der Waals surface area contributed by atoms with Crippen LogP contribution in [0.1, 0.15) is 56.4 Å². The number of aryl methyl sites for hydroxylation is 1. The Morgan fingerprint density at radius 1 is 1.07 bits per heavy atom. The van der Waals surface area contributed by atoms with Crippen LogP contribution in [0.25, 0.3) is 11.3 Å². The SMILES string of the molecule is CC(C)Cn1ccc(C2=C(n3nn[nH]c3=O)C(=O)NC(c3ccc(CCCCC(F)(F)F)cc3F)(C(F)(F)F)C2)n1. The van der Waals surface area contributed by atoms with Gasteiger partial charge in [0.1, 0.15) is 11.5 Å². The van der Waals surface area contributed by atoms with Gasteiger partial charge < -0.3 is 5.32 Å². The average molecular weight is 590 g/mol. The third-order valence-corrected chi connectivity index (χ3v) is 6.61. The monoisotopic (exact) mass is 589 g/mol. The van der Waals surface area contributed by atoms with E-state index >= 15 is 4.39 Å². The lowest BCUT2D eigenvalue weighted by Crippen LogP contribution is -2.59. The van der Waals surface area contributed by atoms with E-state index in [9.17, 15) is 35.9 Å². The van der Waals surface area contributed by atoms with E-state index < -0.39 is 59.4 Å². The topological polar surface area (TPSA) is 110 Å². The first-order valence-electron chi connectivity index (χ1n) is 12.6. The van der Waals surface area contributed by atoms with Crippen molar-refractivity contribution in [3.8, 4) is 0 Å². The molecule has 2 N–H and O–H groups in total. The lowest BCUT2D eigenvalue weighted by atomic mass is 9.78. The highest BCUT2D eigenvalue weighted by Crippen LogP contribution is 2.49. The highest BCUT2D eigenvalue weighted by molar-refractivity contribution is 6.22. The molecule has 0 saturated heterocycles. The Morgan fingerprint density at radius 3 is 2.39 bits per heavy atom. The molecule has 16 heteroatoms. The molecule has 0 radical (unpaired) electrons. The molecule has 222 valence electrons. The second-order valence-corrected chi connectivity index (χ2v) is 10.2. The van der Waals surface area contributed by atoms with Crippen molar-refractivity contribution in [3.63, 3.8) is 0 Å². The van der Waals surface area contributed by atoms with Crippen LogP contribution in [0, 0.1) is 11.7 Å². The van der Waals surface area contributed by atoms with Crippen LogP contribution in [0.4, 0.5) is 30.7 Å². The molecule has 3 heterocycles. The summed E-state index contributed by atoms with van der Waals surface area (Å²) in [6, 6.07) is 4.25. The summed E-state index contributed by atoms with van der Waals surface area (Å²) in [5, 5.41) is 14.9. The maximum absolute atomic E-state index is 15.4. The van der Waals surface area contributed by atoms with Gasteiger partial charge in [0.2, 0.25) is 0 Å². The molecule has 2 aromatic heterocycles. The van der Waals surface area contributed by atoms with Gasteiger partial charge in [-0.05, 0) is 53.3 Å². The van der Waals surface area contributed by atoms with Gasteiger partial charge in [-0.3, -0.25) is 9.48 Å². The molecule has 1 atom stereocenters. The Kier molecular flexibility index (Phi) is 8.14. The molecule has 0 bridgehead atoms. The van der Waals surface area contributed by atoms with Crippen LogP contribution in [0.3, 0.4) is 0 Å². The molecular weight excluding hydrogens is 563 g/mol. The zero-order valence-corrected chi connectivity index (χ0v) is 21.9. The zero-order chi connectivity index (χ0) is 30.2. The largest absolute Gasteiger partial charge is 0.416 e. The summed E-state index contributed by atoms with van der Waals surface area (Å²) in [5.74, 6) is -2.55. The summed E-state index contributed by atoms with van der Waals surface area (Å²) >= 11 is 0. The normalized spacial score (nSPS) is 18.3. The molecule has 1 aliphatic rings. The molecule has 0 fully saturated rings. The number of aromatic nitrogens is 6. The standard InChI is InChI=1S/C25H26F7N7O2/c1-14(2)13-38-10-8-19(35-38)16-12-23(25(30,31)32,33-21(40)20(16)39-22(41)34-36-37-39)17-7-6-15(11-18(17)26)5-3-4-9-24(27,28)29/h6-8,10-11,14H,3-5,9,12-13H2,1-2H3,(H,33,40)(H,34,37,41). The number of unbranched alkanes of at least 4 members (excludes halogenated alkanes) is 1. The first kappa shape index (κ1) is 30.0. The van der Waals surface area contributed by atoms with Crippen molar-refractivity contribution in [3.05, 3.63) is 63.6 Å². The Hall–Kier alpha value is -3.98. The van der Waals surface area contributed by atoms with Crippen LogP contribution in [0.2, 0.25) is 0 Å². The van der Waals surface area contributed by atoms with E-state index in [0.717, 1.165) is 12.1 Å². The van der Waals surface area contributed by atoms with Gasteiger partial charge in [0, 0.05) is 36.7 Å². The number of halogens is 7. The third kappa shape index (κ3) is 6.35. The number of carbonyl (C=O) groups excluding carboxylic acids is 1. The van der Waals surface area contributed by atoms with E-state index in [2.05, 4.69) is 15.5 Å². The average Bonchev–Trinajstić information content (AvgIpc) is 3.48. The fourth-order valence-corrected chi connectivity index (χ4v) is 4.76. The Bertz CT molecular complexity index is 1500. The molecule has 1 aromatic carbocycles. The van der Waals surface area contributed by atoms with Crippen LogP contribution < -0.4 is 11.0 Å². The molecular formula is C25H26F7N7O2. The minimum absolute atomic E-state index is 0.0102. The first-order valence-corrected chi connectivity index (χ1v) is 12.6. The van der Waals surface area contributed by atoms with E-state index in [-0.39, 0.29) is 42.0 Å². The van der Waals surface area contributed by atoms with E-state index in [0.29, 0.717) is 11.2 Å². The molecule has 0 aliphatic carbocycles. The van der Waals surface area contributed by atoms with Crippen molar-refractivity contribution >= 4 is 17.2 Å². The molecule has 9 nitrogen and oxygen atoms in total. The predicted molar refractivity (Wildman–Crippen MR) is 131 cm³/mol. The summed E-state index contributed by atoms with van der Waals surface area (Å²) in [6.07, 6.45) is -10.3. The number of hydrogen-bond donors (Lipinski definition) is 2. The zero-order valence-electron chi connectivity index (χ0n) is 21.9. The highest BCUT2D eigenvalue weighted by atomic mass is 19.4. The van der Waals surface area contributed by atoms with Crippen LogP contribution in [-0.4, -0.2) is 48.2 Å². The minimum Gasteiger partial charge on any atom is -0.332 e. The van der Waals surface area contributed by atoms with E-state index in [1.54, 1.807) is 0 Å². The third-order valence-electron chi connectivity index (χ3n) is 6.61. The van der Waals surface area contributed by atoms with E-state index in [1.807, 2.05) is 24.3 Å². The van der Waals surface area contributed by atoms with Crippen molar-refractivity contribution in [2.75, 3.05) is 0 Å². The number of hydrogen-bond acceptors (Lipinski definition) is 5. The lowest BCUT2D eigenvalue weighted by Gasteiger charge is -2.41. The fourth-order valence-electron chi connectivity index (χ4n) is 4.76. The summed E-state index contributed by atoms with van der Waals surface area (Å²) in [4.78, 5) is 25.6. The van der Waals surface area contributed by atoms with Crippen LogP contribution in [-0.2, 0) is 23.3 Å². The summed E-state index contributed by atoms with van der Waals surface area (Å²) < 4.78 is 99.2. The number of carbonyl (C=O) groups is 1. The van der Waals surface area contributed by atoms with Gasteiger partial charge in [-0.2, -0.15) is 36.1 Å². The van der Waals surface area contributed by atoms with Crippen LogP contribution in [0.5, 0.6) is 0 Å². The molecule has 1 amide bonds. The Labute approximate surface area is 228 Å². The van der Waals surface area contributed by atoms with Crippen molar-refractivity contribution in [2.45, 2.75) is 70.4 Å². The van der Waals surface area contributed by atoms with Gasteiger partial charge in [0.05, 0.1) is 5.69 Å². The van der Waals surface area contributed by atoms with Gasteiger partial charge in [0.25, 0.3) is 5.91 Å². The molecule has 4 rings (SSSR count). The Balaban J connectivity index is 1.78. The maximum atomic E-state index is 15.4. The number of amides is 1. The number of aromatic amines is 1. The number of alkyl halides is 6. The molecule has 3 aromatic rings.